The van der Waals surface area contributed by atoms with Crippen molar-refractivity contribution in [2.75, 3.05) is 13.6 Å². The Balaban J connectivity index is 2.13. The van der Waals surface area contributed by atoms with E-state index < -0.39 is 17.9 Å². The van der Waals surface area contributed by atoms with Crippen LogP contribution in [0.25, 0.3) is 0 Å². The zero-order valence-corrected chi connectivity index (χ0v) is 9.92. The average Bonchev–Trinajstić information content (AvgIpc) is 2.75. The Hall–Kier alpha value is -1.43. The standard InChI is InChI=1S/C11H16N2O4/c1-6-7(11(16)17)3-4-13(6)8-5-9(14)12(2)10(8)15/h6-8H,3-5H2,1-2H3,(H,16,17). The summed E-state index contributed by atoms with van der Waals surface area (Å²) in [7, 11) is 1.47. The molecule has 6 heteroatoms. The fraction of sp³-hybridized carbons (Fsp3) is 0.727. The second-order valence-corrected chi connectivity index (χ2v) is 4.72. The van der Waals surface area contributed by atoms with Gasteiger partial charge in [-0.25, -0.2) is 0 Å². The minimum Gasteiger partial charge on any atom is -0.481 e. The Morgan fingerprint density at radius 3 is 2.47 bits per heavy atom. The van der Waals surface area contributed by atoms with Crippen LogP contribution in [0.3, 0.4) is 0 Å². The lowest BCUT2D eigenvalue weighted by Crippen LogP contribution is -2.44. The van der Waals surface area contributed by atoms with Gasteiger partial charge < -0.3 is 5.11 Å². The van der Waals surface area contributed by atoms with Gasteiger partial charge in [-0.2, -0.15) is 0 Å². The van der Waals surface area contributed by atoms with Crippen molar-refractivity contribution in [1.29, 1.82) is 0 Å². The van der Waals surface area contributed by atoms with Gasteiger partial charge in [0.2, 0.25) is 11.8 Å². The maximum Gasteiger partial charge on any atom is 0.308 e. The molecule has 0 bridgehead atoms. The number of carboxylic acids is 1. The molecule has 6 nitrogen and oxygen atoms in total. The van der Waals surface area contributed by atoms with Crippen molar-refractivity contribution < 1.29 is 19.5 Å². The van der Waals surface area contributed by atoms with Crippen LogP contribution in [0.2, 0.25) is 0 Å². The molecule has 0 radical (unpaired) electrons. The number of nitrogens with zero attached hydrogens (tertiary/aromatic N) is 2. The number of hydrogen-bond donors (Lipinski definition) is 1. The molecule has 1 N–H and O–H groups in total. The van der Waals surface area contributed by atoms with Gasteiger partial charge in [0, 0.05) is 19.6 Å². The zero-order valence-electron chi connectivity index (χ0n) is 9.92. The van der Waals surface area contributed by atoms with Crippen molar-refractivity contribution in [3.63, 3.8) is 0 Å². The summed E-state index contributed by atoms with van der Waals surface area (Å²) in [4.78, 5) is 37.3. The van der Waals surface area contributed by atoms with Crippen molar-refractivity contribution in [2.24, 2.45) is 5.92 Å². The van der Waals surface area contributed by atoms with E-state index >= 15 is 0 Å². The van der Waals surface area contributed by atoms with Crippen molar-refractivity contribution in [3.8, 4) is 0 Å². The van der Waals surface area contributed by atoms with Gasteiger partial charge in [0.05, 0.1) is 18.4 Å². The number of likely N-dealkylation sites (N-methyl/N-ethyl adjacent to an activating group) is 1. The van der Waals surface area contributed by atoms with E-state index in [4.69, 9.17) is 5.11 Å². The SMILES string of the molecule is CC1C(C(=O)O)CCN1C1CC(=O)N(C)C1=O. The largest absolute Gasteiger partial charge is 0.481 e. The number of likely N-dealkylation sites (tertiary alicyclic amines) is 2. The Bertz CT molecular complexity index is 382. The molecule has 0 saturated carbocycles. The monoisotopic (exact) mass is 240 g/mol. The molecule has 0 aromatic heterocycles. The van der Waals surface area contributed by atoms with E-state index in [0.29, 0.717) is 13.0 Å². The molecule has 2 aliphatic heterocycles. The first-order chi connectivity index (χ1) is 7.93. The maximum absolute atomic E-state index is 11.8. The molecule has 2 heterocycles. The number of carboxylic acid groups (broad SMARTS) is 1. The van der Waals surface area contributed by atoms with Gasteiger partial charge >= 0.3 is 5.97 Å². The molecule has 2 saturated heterocycles. The highest BCUT2D eigenvalue weighted by Gasteiger charge is 2.46. The second-order valence-electron chi connectivity index (χ2n) is 4.72. The predicted molar refractivity (Wildman–Crippen MR) is 58.1 cm³/mol. The quantitative estimate of drug-likeness (QED) is 0.661. The molecule has 0 aromatic carbocycles. The molecule has 17 heavy (non-hydrogen) atoms. The summed E-state index contributed by atoms with van der Waals surface area (Å²) in [5.41, 5.74) is 0. The molecule has 3 atom stereocenters. The van der Waals surface area contributed by atoms with E-state index in [0.717, 1.165) is 4.90 Å². The number of carbonyl (C=O) groups is 3. The first-order valence-corrected chi connectivity index (χ1v) is 5.72. The Morgan fingerprint density at radius 1 is 1.41 bits per heavy atom. The molecule has 3 unspecified atom stereocenters. The summed E-state index contributed by atoms with van der Waals surface area (Å²) < 4.78 is 0. The second kappa shape index (κ2) is 4.10. The number of hydrogen-bond acceptors (Lipinski definition) is 4. The number of carbonyl (C=O) groups excluding carboxylic acids is 2. The molecule has 2 fully saturated rings. The summed E-state index contributed by atoms with van der Waals surface area (Å²) in [5.74, 6) is -1.67. The van der Waals surface area contributed by atoms with E-state index in [-0.39, 0.29) is 24.3 Å². The maximum atomic E-state index is 11.8. The van der Waals surface area contributed by atoms with Gasteiger partial charge in [-0.3, -0.25) is 24.2 Å². The number of aliphatic carboxylic acids is 1. The van der Waals surface area contributed by atoms with Crippen LogP contribution in [-0.4, -0.2) is 58.4 Å². The van der Waals surface area contributed by atoms with Crippen LogP contribution >= 0.6 is 0 Å². The lowest BCUT2D eigenvalue weighted by molar-refractivity contribution is -0.143. The van der Waals surface area contributed by atoms with Gasteiger partial charge in [0.1, 0.15) is 0 Å². The molecule has 0 aromatic rings. The van der Waals surface area contributed by atoms with E-state index in [1.807, 2.05) is 11.8 Å². The van der Waals surface area contributed by atoms with Crippen LogP contribution in [0, 0.1) is 5.92 Å². The van der Waals surface area contributed by atoms with Crippen LogP contribution in [0.15, 0.2) is 0 Å². The molecular weight excluding hydrogens is 224 g/mol. The molecular formula is C11H16N2O4. The fourth-order valence-corrected chi connectivity index (χ4v) is 2.73. The van der Waals surface area contributed by atoms with E-state index in [2.05, 4.69) is 0 Å². The lowest BCUT2D eigenvalue weighted by Gasteiger charge is -2.27. The van der Waals surface area contributed by atoms with Crippen molar-refractivity contribution in [3.05, 3.63) is 0 Å². The number of amides is 2. The number of imide groups is 1. The Kier molecular flexibility index (Phi) is 2.91. The van der Waals surface area contributed by atoms with Crippen LogP contribution in [0.5, 0.6) is 0 Å². The van der Waals surface area contributed by atoms with Gasteiger partial charge in [0.15, 0.2) is 0 Å². The summed E-state index contributed by atoms with van der Waals surface area (Å²) in [6, 6.07) is -0.660. The van der Waals surface area contributed by atoms with E-state index in [9.17, 15) is 14.4 Å². The number of rotatable bonds is 2. The topological polar surface area (TPSA) is 77.9 Å². The van der Waals surface area contributed by atoms with E-state index in [1.165, 1.54) is 7.05 Å². The molecule has 0 spiro atoms. The van der Waals surface area contributed by atoms with Crippen LogP contribution < -0.4 is 0 Å². The van der Waals surface area contributed by atoms with Crippen LogP contribution in [0.4, 0.5) is 0 Å². The van der Waals surface area contributed by atoms with E-state index in [1.54, 1.807) is 0 Å². The van der Waals surface area contributed by atoms with Crippen molar-refractivity contribution in [1.82, 2.24) is 9.80 Å². The first kappa shape index (κ1) is 12.0. The fourth-order valence-electron chi connectivity index (χ4n) is 2.73. The van der Waals surface area contributed by atoms with Gasteiger partial charge in [-0.15, -0.1) is 0 Å². The summed E-state index contributed by atoms with van der Waals surface area (Å²) in [5, 5.41) is 9.03. The summed E-state index contributed by atoms with van der Waals surface area (Å²) >= 11 is 0. The average molecular weight is 240 g/mol. The highest BCUT2D eigenvalue weighted by Crippen LogP contribution is 2.30. The highest BCUT2D eigenvalue weighted by atomic mass is 16.4. The van der Waals surface area contributed by atoms with Crippen LogP contribution in [-0.2, 0) is 14.4 Å². The third-order valence-electron chi connectivity index (χ3n) is 3.88. The molecule has 2 amide bonds. The van der Waals surface area contributed by atoms with Crippen molar-refractivity contribution in [2.45, 2.75) is 31.8 Å². The van der Waals surface area contributed by atoms with Crippen molar-refractivity contribution >= 4 is 17.8 Å². The van der Waals surface area contributed by atoms with Gasteiger partial charge in [0.25, 0.3) is 0 Å². The normalized spacial score (nSPS) is 34.7. The minimum atomic E-state index is -0.829. The smallest absolute Gasteiger partial charge is 0.308 e. The molecule has 0 aliphatic carbocycles. The summed E-state index contributed by atoms with van der Waals surface area (Å²) in [6.45, 7) is 2.37. The Labute approximate surface area is 99.2 Å². The van der Waals surface area contributed by atoms with Gasteiger partial charge in [-0.1, -0.05) is 0 Å². The molecule has 2 rings (SSSR count). The minimum absolute atomic E-state index is 0.173. The first-order valence-electron chi connectivity index (χ1n) is 5.72. The zero-order chi connectivity index (χ0) is 12.7. The van der Waals surface area contributed by atoms with Crippen LogP contribution in [0.1, 0.15) is 19.8 Å². The third-order valence-corrected chi connectivity index (χ3v) is 3.88. The Morgan fingerprint density at radius 2 is 2.06 bits per heavy atom. The third kappa shape index (κ3) is 1.82. The summed E-state index contributed by atoms with van der Waals surface area (Å²) in [6.07, 6.45) is 0.712. The molecule has 94 valence electrons. The predicted octanol–water partition coefficient (Wildman–Crippen LogP) is -0.461. The lowest BCUT2D eigenvalue weighted by atomic mass is 10.0. The van der Waals surface area contributed by atoms with Gasteiger partial charge in [-0.05, 0) is 13.3 Å². The molecule has 2 aliphatic rings. The highest BCUT2D eigenvalue weighted by molar-refractivity contribution is 6.05.